The SMILES string of the molecule is COc1c2c(cc3c1C(c1nnnn1-c1cccc(C(=O)N4CCN(c5cccc(C)c5C)CC4)c1)N(C)CC3)OCO2. The number of nitrogens with zero attached hydrogens (tertiary/aromatic N) is 7. The van der Waals surface area contributed by atoms with Crippen LogP contribution in [0.3, 0.4) is 0 Å². The number of aromatic nitrogens is 4. The summed E-state index contributed by atoms with van der Waals surface area (Å²) in [5, 5.41) is 12.9. The molecule has 0 bridgehead atoms. The number of methoxy groups -OCH3 is 1. The van der Waals surface area contributed by atoms with Crippen LogP contribution in [-0.4, -0.2) is 89.6 Å². The Bertz CT molecular complexity index is 1700. The number of benzene rings is 3. The van der Waals surface area contributed by atoms with E-state index in [-0.39, 0.29) is 18.7 Å². The number of amides is 1. The maximum absolute atomic E-state index is 13.7. The van der Waals surface area contributed by atoms with Crippen molar-refractivity contribution in [1.29, 1.82) is 0 Å². The predicted octanol–water partition coefficient (Wildman–Crippen LogP) is 3.56. The number of carbonyl (C=O) groups is 1. The van der Waals surface area contributed by atoms with Crippen molar-refractivity contribution in [3.63, 3.8) is 0 Å². The lowest BCUT2D eigenvalue weighted by Crippen LogP contribution is -2.49. The molecule has 4 aromatic rings. The van der Waals surface area contributed by atoms with E-state index in [0.29, 0.717) is 41.7 Å². The second kappa shape index (κ2) is 10.9. The van der Waals surface area contributed by atoms with Crippen LogP contribution >= 0.6 is 0 Å². The number of likely N-dealkylation sites (N-methyl/N-ethyl adjacent to an activating group) is 1. The highest BCUT2D eigenvalue weighted by atomic mass is 16.7. The van der Waals surface area contributed by atoms with Crippen molar-refractivity contribution in [2.24, 2.45) is 0 Å². The Morgan fingerprint density at radius 3 is 2.63 bits per heavy atom. The summed E-state index contributed by atoms with van der Waals surface area (Å²) in [4.78, 5) is 20.2. The topological polar surface area (TPSA) is 98.1 Å². The van der Waals surface area contributed by atoms with Crippen LogP contribution in [0.2, 0.25) is 0 Å². The van der Waals surface area contributed by atoms with Crippen molar-refractivity contribution in [1.82, 2.24) is 30.0 Å². The highest BCUT2D eigenvalue weighted by molar-refractivity contribution is 5.95. The second-order valence-corrected chi connectivity index (χ2v) is 11.3. The van der Waals surface area contributed by atoms with E-state index in [9.17, 15) is 4.79 Å². The molecule has 7 rings (SSSR count). The molecule has 4 heterocycles. The summed E-state index contributed by atoms with van der Waals surface area (Å²) < 4.78 is 19.1. The molecule has 3 aliphatic heterocycles. The van der Waals surface area contributed by atoms with Crippen molar-refractivity contribution in [3.8, 4) is 22.9 Å². The zero-order valence-electron chi connectivity index (χ0n) is 24.9. The number of piperazine rings is 1. The standard InChI is InChI=1S/C32H35N7O4/c1-20-7-5-10-25(21(20)2)37-13-15-38(16-14-37)32(40)23-8-6-9-24(17-23)39-31(33-34-35-39)28-27-22(11-12-36(28)3)18-26-29(30(27)41-4)43-19-42-26/h5-10,17-18,28H,11-16,19H2,1-4H3. The second-order valence-electron chi connectivity index (χ2n) is 11.3. The third-order valence-corrected chi connectivity index (χ3v) is 8.96. The molecule has 1 fully saturated rings. The molecule has 11 heteroatoms. The number of aryl methyl sites for hydroxylation is 1. The van der Waals surface area contributed by atoms with Gasteiger partial charge in [0.25, 0.3) is 5.91 Å². The summed E-state index contributed by atoms with van der Waals surface area (Å²) in [7, 11) is 3.69. The van der Waals surface area contributed by atoms with Crippen molar-refractivity contribution >= 4 is 11.6 Å². The Morgan fingerprint density at radius 1 is 1.00 bits per heavy atom. The Morgan fingerprint density at radius 2 is 1.81 bits per heavy atom. The average Bonchev–Trinajstić information content (AvgIpc) is 3.71. The van der Waals surface area contributed by atoms with Crippen LogP contribution in [0.5, 0.6) is 17.2 Å². The molecule has 0 aliphatic carbocycles. The van der Waals surface area contributed by atoms with E-state index >= 15 is 0 Å². The van der Waals surface area contributed by atoms with Gasteiger partial charge in [0.1, 0.15) is 6.04 Å². The number of carbonyl (C=O) groups excluding carboxylic acids is 1. The van der Waals surface area contributed by atoms with Gasteiger partial charge in [0.05, 0.1) is 12.8 Å². The smallest absolute Gasteiger partial charge is 0.254 e. The van der Waals surface area contributed by atoms with Crippen molar-refractivity contribution in [2.75, 3.05) is 58.6 Å². The summed E-state index contributed by atoms with van der Waals surface area (Å²) in [5.41, 5.74) is 7.23. The molecular formula is C32H35N7O4. The van der Waals surface area contributed by atoms with E-state index in [1.54, 1.807) is 11.8 Å². The fourth-order valence-corrected chi connectivity index (χ4v) is 6.49. The number of hydrogen-bond donors (Lipinski definition) is 0. The lowest BCUT2D eigenvalue weighted by Gasteiger charge is -2.37. The van der Waals surface area contributed by atoms with Gasteiger partial charge >= 0.3 is 0 Å². The molecule has 43 heavy (non-hydrogen) atoms. The monoisotopic (exact) mass is 581 g/mol. The van der Waals surface area contributed by atoms with Crippen LogP contribution in [0.25, 0.3) is 5.69 Å². The number of tetrazole rings is 1. The molecule has 0 radical (unpaired) electrons. The maximum Gasteiger partial charge on any atom is 0.254 e. The molecule has 1 atom stereocenters. The van der Waals surface area contributed by atoms with Gasteiger partial charge < -0.3 is 24.0 Å². The summed E-state index contributed by atoms with van der Waals surface area (Å²) in [6, 6.07) is 15.7. The molecule has 1 unspecified atom stereocenters. The molecule has 0 spiro atoms. The lowest BCUT2D eigenvalue weighted by atomic mass is 9.90. The van der Waals surface area contributed by atoms with Crippen LogP contribution < -0.4 is 19.1 Å². The van der Waals surface area contributed by atoms with E-state index in [2.05, 4.69) is 64.4 Å². The van der Waals surface area contributed by atoms with E-state index in [1.807, 2.05) is 35.2 Å². The van der Waals surface area contributed by atoms with Gasteiger partial charge in [-0.2, -0.15) is 4.68 Å². The molecule has 3 aliphatic rings. The first-order valence-electron chi connectivity index (χ1n) is 14.6. The highest BCUT2D eigenvalue weighted by Crippen LogP contribution is 2.50. The minimum atomic E-state index is -0.291. The lowest BCUT2D eigenvalue weighted by molar-refractivity contribution is 0.0746. The number of anilines is 1. The van der Waals surface area contributed by atoms with Gasteiger partial charge in [0.15, 0.2) is 17.3 Å². The summed E-state index contributed by atoms with van der Waals surface area (Å²) in [6.07, 6.45) is 0.831. The van der Waals surface area contributed by atoms with Gasteiger partial charge in [-0.05, 0) is 84.8 Å². The predicted molar refractivity (Wildman–Crippen MR) is 160 cm³/mol. The molecule has 3 aromatic carbocycles. The molecular weight excluding hydrogens is 546 g/mol. The van der Waals surface area contributed by atoms with Crippen LogP contribution in [-0.2, 0) is 6.42 Å². The molecule has 1 aromatic heterocycles. The Kier molecular flexibility index (Phi) is 6.89. The first kappa shape index (κ1) is 27.2. The first-order valence-corrected chi connectivity index (χ1v) is 14.6. The maximum atomic E-state index is 13.7. The largest absolute Gasteiger partial charge is 0.492 e. The average molecular weight is 582 g/mol. The van der Waals surface area contributed by atoms with Gasteiger partial charge in [0.2, 0.25) is 12.5 Å². The number of fused-ring (bicyclic) bond motifs is 2. The van der Waals surface area contributed by atoms with Crippen molar-refractivity contribution in [3.05, 3.63) is 82.2 Å². The third kappa shape index (κ3) is 4.64. The van der Waals surface area contributed by atoms with Gasteiger partial charge in [-0.15, -0.1) is 5.10 Å². The van der Waals surface area contributed by atoms with E-state index in [4.69, 9.17) is 14.2 Å². The fraction of sp³-hybridized carbons (Fsp3) is 0.375. The van der Waals surface area contributed by atoms with Gasteiger partial charge in [0, 0.05) is 49.5 Å². The first-order chi connectivity index (χ1) is 20.9. The highest BCUT2D eigenvalue weighted by Gasteiger charge is 2.38. The van der Waals surface area contributed by atoms with Crippen LogP contribution in [0.15, 0.2) is 48.5 Å². The quantitative estimate of drug-likeness (QED) is 0.350. The van der Waals surface area contributed by atoms with Crippen molar-refractivity contribution in [2.45, 2.75) is 26.3 Å². The third-order valence-electron chi connectivity index (χ3n) is 8.96. The molecule has 222 valence electrons. The minimum absolute atomic E-state index is 0.00611. The normalized spacial score (nSPS) is 18.1. The van der Waals surface area contributed by atoms with Crippen LogP contribution in [0.1, 0.15) is 44.5 Å². The molecule has 11 nitrogen and oxygen atoms in total. The molecule has 0 N–H and O–H groups in total. The Hall–Kier alpha value is -4.64. The Balaban J connectivity index is 1.16. The van der Waals surface area contributed by atoms with Crippen molar-refractivity contribution < 1.29 is 19.0 Å². The zero-order valence-corrected chi connectivity index (χ0v) is 24.9. The zero-order chi connectivity index (χ0) is 29.7. The van der Waals surface area contributed by atoms with Gasteiger partial charge in [-0.3, -0.25) is 9.69 Å². The molecule has 0 saturated carbocycles. The number of ether oxygens (including phenoxy) is 3. The minimum Gasteiger partial charge on any atom is -0.492 e. The Labute approximate surface area is 250 Å². The fourth-order valence-electron chi connectivity index (χ4n) is 6.49. The van der Waals surface area contributed by atoms with E-state index < -0.39 is 0 Å². The van der Waals surface area contributed by atoms with E-state index in [1.165, 1.54) is 16.8 Å². The van der Waals surface area contributed by atoms with Gasteiger partial charge in [-0.25, -0.2) is 0 Å². The number of rotatable bonds is 5. The summed E-state index contributed by atoms with van der Waals surface area (Å²) in [6.45, 7) is 8.17. The number of hydrogen-bond acceptors (Lipinski definition) is 9. The van der Waals surface area contributed by atoms with Crippen LogP contribution in [0, 0.1) is 13.8 Å². The molecule has 1 amide bonds. The van der Waals surface area contributed by atoms with E-state index in [0.717, 1.165) is 42.9 Å². The summed E-state index contributed by atoms with van der Waals surface area (Å²) in [5.74, 6) is 2.57. The van der Waals surface area contributed by atoms with Crippen LogP contribution in [0.4, 0.5) is 5.69 Å². The molecule has 1 saturated heterocycles. The summed E-state index contributed by atoms with van der Waals surface area (Å²) >= 11 is 0. The van der Waals surface area contributed by atoms with Gasteiger partial charge in [-0.1, -0.05) is 18.2 Å².